The van der Waals surface area contributed by atoms with Crippen LogP contribution in [0.25, 0.3) is 0 Å². The molecule has 0 aliphatic rings. The number of carbonyl (C=O) groups is 1. The van der Waals surface area contributed by atoms with Crippen LogP contribution in [0, 0.1) is 0 Å². The number of hydrogen-bond donors (Lipinski definition) is 1. The standard InChI is InChI=1S/C20H23Cl2NO6S/c1-20(2,3)28-19(25)23(4)12-17(24)13-5-8-15(9-6-13)29-30(26,27)18-11-14(21)7-10-16(18)22/h5-11,17,24H,12H2,1-4H3. The molecule has 0 aromatic heterocycles. The Hall–Kier alpha value is -2.00. The second kappa shape index (κ2) is 9.43. The second-order valence-corrected chi connectivity index (χ2v) is 9.92. The number of carbonyl (C=O) groups excluding carboxylic acids is 1. The minimum Gasteiger partial charge on any atom is -0.444 e. The first-order valence-electron chi connectivity index (χ1n) is 8.90. The van der Waals surface area contributed by atoms with Gasteiger partial charge in [-0.1, -0.05) is 35.3 Å². The fraction of sp³-hybridized carbons (Fsp3) is 0.350. The molecule has 10 heteroatoms. The monoisotopic (exact) mass is 475 g/mol. The molecule has 0 fully saturated rings. The molecule has 1 unspecified atom stereocenters. The highest BCUT2D eigenvalue weighted by Gasteiger charge is 2.23. The number of aliphatic hydroxyl groups excluding tert-OH is 1. The lowest BCUT2D eigenvalue weighted by molar-refractivity contribution is 0.0205. The average molecular weight is 476 g/mol. The van der Waals surface area contributed by atoms with Crippen LogP contribution < -0.4 is 4.18 Å². The molecule has 7 nitrogen and oxygen atoms in total. The molecule has 1 atom stereocenters. The molecule has 1 amide bonds. The first kappa shape index (κ1) is 24.3. The van der Waals surface area contributed by atoms with Gasteiger partial charge in [0.05, 0.1) is 17.7 Å². The van der Waals surface area contributed by atoms with Crippen LogP contribution in [0.3, 0.4) is 0 Å². The van der Waals surface area contributed by atoms with Crippen LogP contribution in [0.2, 0.25) is 10.0 Å². The molecule has 0 saturated heterocycles. The maximum Gasteiger partial charge on any atom is 0.410 e. The Bertz CT molecular complexity index is 1000. The highest BCUT2D eigenvalue weighted by atomic mass is 35.5. The van der Waals surface area contributed by atoms with E-state index in [1.54, 1.807) is 20.8 Å². The maximum atomic E-state index is 12.5. The number of likely N-dealkylation sites (N-methyl/N-ethyl adjacent to an activating group) is 1. The third kappa shape index (κ3) is 6.77. The van der Waals surface area contributed by atoms with Crippen LogP contribution in [0.5, 0.6) is 5.75 Å². The SMILES string of the molecule is CN(CC(O)c1ccc(OS(=O)(=O)c2cc(Cl)ccc2Cl)cc1)C(=O)OC(C)(C)C. The van der Waals surface area contributed by atoms with Gasteiger partial charge in [0.2, 0.25) is 0 Å². The minimum absolute atomic E-state index is 0.00839. The van der Waals surface area contributed by atoms with E-state index in [-0.39, 0.29) is 27.2 Å². The van der Waals surface area contributed by atoms with Gasteiger partial charge in [0.1, 0.15) is 16.2 Å². The first-order chi connectivity index (χ1) is 13.8. The van der Waals surface area contributed by atoms with Gasteiger partial charge in [-0.25, -0.2) is 4.79 Å². The lowest BCUT2D eigenvalue weighted by Crippen LogP contribution is -2.36. The van der Waals surface area contributed by atoms with Crippen LogP contribution in [0.15, 0.2) is 47.4 Å². The number of rotatable bonds is 6. The normalized spacial score (nSPS) is 12.9. The van der Waals surface area contributed by atoms with Crippen LogP contribution >= 0.6 is 23.2 Å². The highest BCUT2D eigenvalue weighted by molar-refractivity contribution is 7.87. The largest absolute Gasteiger partial charge is 0.444 e. The molecule has 0 saturated carbocycles. The van der Waals surface area contributed by atoms with Gasteiger partial charge in [-0.2, -0.15) is 8.42 Å². The predicted molar refractivity (Wildman–Crippen MR) is 115 cm³/mol. The summed E-state index contributed by atoms with van der Waals surface area (Å²) < 4.78 is 35.2. The van der Waals surface area contributed by atoms with Crippen molar-refractivity contribution in [1.29, 1.82) is 0 Å². The molecule has 0 aliphatic heterocycles. The molecule has 164 valence electrons. The molecule has 0 bridgehead atoms. The van der Waals surface area contributed by atoms with Crippen molar-refractivity contribution in [3.05, 3.63) is 58.1 Å². The number of aliphatic hydroxyl groups is 1. The number of ether oxygens (including phenoxy) is 1. The van der Waals surface area contributed by atoms with E-state index in [9.17, 15) is 18.3 Å². The van der Waals surface area contributed by atoms with E-state index in [1.165, 1.54) is 54.4 Å². The van der Waals surface area contributed by atoms with Gasteiger partial charge in [-0.15, -0.1) is 0 Å². The zero-order valence-corrected chi connectivity index (χ0v) is 19.3. The Kier molecular flexibility index (Phi) is 7.63. The fourth-order valence-corrected chi connectivity index (χ4v) is 4.04. The van der Waals surface area contributed by atoms with E-state index in [4.69, 9.17) is 32.1 Å². The fourth-order valence-electron chi connectivity index (χ4n) is 2.37. The van der Waals surface area contributed by atoms with Gasteiger partial charge in [-0.3, -0.25) is 0 Å². The van der Waals surface area contributed by atoms with E-state index in [2.05, 4.69) is 0 Å². The smallest absolute Gasteiger partial charge is 0.410 e. The zero-order valence-electron chi connectivity index (χ0n) is 16.9. The number of halogens is 2. The van der Waals surface area contributed by atoms with Gasteiger partial charge in [-0.05, 0) is 56.7 Å². The maximum absolute atomic E-state index is 12.5. The van der Waals surface area contributed by atoms with E-state index in [0.717, 1.165) is 0 Å². The molecule has 2 rings (SSSR count). The van der Waals surface area contributed by atoms with Crippen LogP contribution in [0.4, 0.5) is 4.79 Å². The van der Waals surface area contributed by atoms with E-state index in [0.29, 0.717) is 5.56 Å². The van der Waals surface area contributed by atoms with Crippen LogP contribution in [-0.4, -0.2) is 43.7 Å². The molecule has 2 aromatic carbocycles. The van der Waals surface area contributed by atoms with Crippen molar-refractivity contribution in [2.24, 2.45) is 0 Å². The molecule has 1 N–H and O–H groups in total. The Morgan fingerprint density at radius 1 is 1.13 bits per heavy atom. The quantitative estimate of drug-likeness (QED) is 0.610. The molecule has 0 aliphatic carbocycles. The van der Waals surface area contributed by atoms with Gasteiger partial charge in [0.15, 0.2) is 0 Å². The second-order valence-electron chi connectivity index (χ2n) is 7.56. The minimum atomic E-state index is -4.20. The van der Waals surface area contributed by atoms with Crippen molar-refractivity contribution in [3.63, 3.8) is 0 Å². The number of amides is 1. The van der Waals surface area contributed by atoms with Crippen LogP contribution in [-0.2, 0) is 14.9 Å². The third-order valence-electron chi connectivity index (χ3n) is 3.79. The Labute approximate surface area is 186 Å². The third-order valence-corrected chi connectivity index (χ3v) is 5.75. The lowest BCUT2D eigenvalue weighted by Gasteiger charge is -2.26. The summed E-state index contributed by atoms with van der Waals surface area (Å²) in [4.78, 5) is 13.0. The zero-order chi connectivity index (χ0) is 22.7. The summed E-state index contributed by atoms with van der Waals surface area (Å²) in [7, 11) is -2.69. The summed E-state index contributed by atoms with van der Waals surface area (Å²) in [6.07, 6.45) is -1.57. The van der Waals surface area contributed by atoms with Crippen molar-refractivity contribution >= 4 is 39.4 Å². The van der Waals surface area contributed by atoms with Gasteiger partial charge < -0.3 is 18.9 Å². The Balaban J connectivity index is 2.07. The Morgan fingerprint density at radius 3 is 2.30 bits per heavy atom. The lowest BCUT2D eigenvalue weighted by atomic mass is 10.1. The number of hydrogen-bond acceptors (Lipinski definition) is 6. The number of benzene rings is 2. The molecular formula is C20H23Cl2NO6S. The summed E-state index contributed by atoms with van der Waals surface area (Å²) in [6, 6.07) is 9.80. The molecule has 2 aromatic rings. The van der Waals surface area contributed by atoms with Crippen molar-refractivity contribution in [1.82, 2.24) is 4.90 Å². The van der Waals surface area contributed by atoms with Crippen molar-refractivity contribution < 1.29 is 27.2 Å². The van der Waals surface area contributed by atoms with Crippen molar-refractivity contribution in [3.8, 4) is 5.75 Å². The highest BCUT2D eigenvalue weighted by Crippen LogP contribution is 2.28. The summed E-state index contributed by atoms with van der Waals surface area (Å²) in [6.45, 7) is 5.24. The van der Waals surface area contributed by atoms with Crippen LogP contribution in [0.1, 0.15) is 32.4 Å². The molecule has 0 spiro atoms. The topological polar surface area (TPSA) is 93.1 Å². The van der Waals surface area contributed by atoms with E-state index >= 15 is 0 Å². The van der Waals surface area contributed by atoms with Crippen molar-refractivity contribution in [2.45, 2.75) is 37.4 Å². The van der Waals surface area contributed by atoms with Gasteiger partial charge in [0.25, 0.3) is 0 Å². The summed E-state index contributed by atoms with van der Waals surface area (Å²) >= 11 is 11.8. The molecule has 0 heterocycles. The average Bonchev–Trinajstić information content (AvgIpc) is 2.62. The van der Waals surface area contributed by atoms with Gasteiger partial charge in [0, 0.05) is 12.1 Å². The van der Waals surface area contributed by atoms with E-state index < -0.39 is 27.9 Å². The summed E-state index contributed by atoms with van der Waals surface area (Å²) in [5.41, 5.74) is -0.178. The summed E-state index contributed by atoms with van der Waals surface area (Å²) in [5.74, 6) is 0.0301. The summed E-state index contributed by atoms with van der Waals surface area (Å²) in [5, 5.41) is 10.6. The molecular weight excluding hydrogens is 453 g/mol. The van der Waals surface area contributed by atoms with Gasteiger partial charge >= 0.3 is 16.2 Å². The predicted octanol–water partition coefficient (Wildman–Crippen LogP) is 4.66. The number of nitrogens with zero attached hydrogens (tertiary/aromatic N) is 1. The molecule has 30 heavy (non-hydrogen) atoms. The van der Waals surface area contributed by atoms with E-state index in [1.807, 2.05) is 0 Å². The van der Waals surface area contributed by atoms with Crippen molar-refractivity contribution in [2.75, 3.05) is 13.6 Å². The molecule has 0 radical (unpaired) electrons. The first-order valence-corrected chi connectivity index (χ1v) is 11.1. The Morgan fingerprint density at radius 2 is 1.73 bits per heavy atom.